The first-order valence-corrected chi connectivity index (χ1v) is 6.40. The van der Waals surface area contributed by atoms with Crippen LogP contribution < -0.4 is 10.6 Å². The van der Waals surface area contributed by atoms with Gasteiger partial charge >= 0.3 is 0 Å². The third-order valence-electron chi connectivity index (χ3n) is 3.65. The summed E-state index contributed by atoms with van der Waals surface area (Å²) < 4.78 is 13.2. The van der Waals surface area contributed by atoms with E-state index in [2.05, 4.69) is 15.6 Å². The van der Waals surface area contributed by atoms with Gasteiger partial charge in [-0.3, -0.25) is 4.79 Å². The fraction of sp³-hybridized carbons (Fsp3) is 0.500. The molecule has 0 aromatic carbocycles. The van der Waals surface area contributed by atoms with E-state index in [4.69, 9.17) is 11.6 Å². The lowest BCUT2D eigenvalue weighted by molar-refractivity contribution is 0.0924. The van der Waals surface area contributed by atoms with E-state index in [0.717, 1.165) is 12.8 Å². The summed E-state index contributed by atoms with van der Waals surface area (Å²) >= 11 is 5.53. The lowest BCUT2D eigenvalue weighted by Gasteiger charge is -2.21. The van der Waals surface area contributed by atoms with Crippen molar-refractivity contribution in [2.75, 3.05) is 0 Å². The molecule has 2 aliphatic rings. The van der Waals surface area contributed by atoms with E-state index >= 15 is 0 Å². The standard InChI is InChI=1S/C12H13ClFN3O/c13-7-2-4-9(16-11(7)14)12(18)17-10-5-6-1-3-8(10)15-6/h2,4,6,8,10,15H,1,3,5H2,(H,17,18). The van der Waals surface area contributed by atoms with Crippen molar-refractivity contribution in [2.24, 2.45) is 0 Å². The van der Waals surface area contributed by atoms with Crippen molar-refractivity contribution < 1.29 is 9.18 Å². The van der Waals surface area contributed by atoms with Gasteiger partial charge in [0.15, 0.2) is 0 Å². The van der Waals surface area contributed by atoms with E-state index in [-0.39, 0.29) is 22.7 Å². The summed E-state index contributed by atoms with van der Waals surface area (Å²) in [7, 11) is 0. The molecule has 1 aromatic heterocycles. The van der Waals surface area contributed by atoms with Gasteiger partial charge in [-0.25, -0.2) is 4.98 Å². The maximum atomic E-state index is 13.2. The van der Waals surface area contributed by atoms with Crippen LogP contribution >= 0.6 is 11.6 Å². The number of rotatable bonds is 2. The molecule has 2 N–H and O–H groups in total. The van der Waals surface area contributed by atoms with Crippen LogP contribution in [0.3, 0.4) is 0 Å². The van der Waals surface area contributed by atoms with Crippen LogP contribution in [0.5, 0.6) is 0 Å². The van der Waals surface area contributed by atoms with E-state index in [1.165, 1.54) is 18.6 Å². The van der Waals surface area contributed by atoms with Crippen molar-refractivity contribution in [3.05, 3.63) is 28.8 Å². The third-order valence-corrected chi connectivity index (χ3v) is 3.93. The predicted molar refractivity (Wildman–Crippen MR) is 65.0 cm³/mol. The van der Waals surface area contributed by atoms with Gasteiger partial charge in [0.25, 0.3) is 5.91 Å². The van der Waals surface area contributed by atoms with Gasteiger partial charge in [-0.15, -0.1) is 0 Å². The van der Waals surface area contributed by atoms with Crippen LogP contribution in [0.15, 0.2) is 12.1 Å². The predicted octanol–water partition coefficient (Wildman–Crippen LogP) is 1.50. The Balaban J connectivity index is 1.69. The molecule has 0 spiro atoms. The molecule has 1 amide bonds. The minimum Gasteiger partial charge on any atom is -0.346 e. The molecule has 4 nitrogen and oxygen atoms in total. The molecule has 96 valence electrons. The molecular weight excluding hydrogens is 257 g/mol. The molecule has 6 heteroatoms. The molecule has 1 aromatic rings. The van der Waals surface area contributed by atoms with E-state index in [0.29, 0.717) is 12.1 Å². The first kappa shape index (κ1) is 11.9. The number of nitrogens with zero attached hydrogens (tertiary/aromatic N) is 1. The van der Waals surface area contributed by atoms with Gasteiger partial charge in [-0.1, -0.05) is 11.6 Å². The van der Waals surface area contributed by atoms with Gasteiger partial charge in [0, 0.05) is 18.1 Å². The molecule has 0 radical (unpaired) electrons. The number of carbonyl (C=O) groups excluding carboxylic acids is 1. The summed E-state index contributed by atoms with van der Waals surface area (Å²) in [5, 5.41) is 6.25. The van der Waals surface area contributed by atoms with Crippen LogP contribution in [-0.4, -0.2) is 29.0 Å². The summed E-state index contributed by atoms with van der Waals surface area (Å²) in [5.74, 6) is -1.15. The van der Waals surface area contributed by atoms with Gasteiger partial charge in [0.1, 0.15) is 5.69 Å². The molecule has 18 heavy (non-hydrogen) atoms. The Hall–Kier alpha value is -1.20. The Morgan fingerprint density at radius 1 is 1.50 bits per heavy atom. The maximum Gasteiger partial charge on any atom is 0.270 e. The monoisotopic (exact) mass is 269 g/mol. The average molecular weight is 270 g/mol. The molecule has 2 bridgehead atoms. The van der Waals surface area contributed by atoms with Crippen molar-refractivity contribution >= 4 is 17.5 Å². The number of pyridine rings is 1. The Morgan fingerprint density at radius 2 is 2.33 bits per heavy atom. The Kier molecular flexibility index (Phi) is 2.95. The summed E-state index contributed by atoms with van der Waals surface area (Å²) in [4.78, 5) is 15.5. The third kappa shape index (κ3) is 2.08. The summed E-state index contributed by atoms with van der Waals surface area (Å²) in [5.41, 5.74) is 0.0691. The van der Waals surface area contributed by atoms with Crippen LogP contribution in [0.4, 0.5) is 4.39 Å². The largest absolute Gasteiger partial charge is 0.346 e. The minimum atomic E-state index is -0.810. The van der Waals surface area contributed by atoms with Crippen molar-refractivity contribution in [1.29, 1.82) is 0 Å². The van der Waals surface area contributed by atoms with Crippen molar-refractivity contribution in [3.8, 4) is 0 Å². The summed E-state index contributed by atoms with van der Waals surface area (Å²) in [6.45, 7) is 0. The second-order valence-electron chi connectivity index (χ2n) is 4.83. The zero-order valence-corrected chi connectivity index (χ0v) is 10.4. The van der Waals surface area contributed by atoms with Crippen molar-refractivity contribution in [1.82, 2.24) is 15.6 Å². The fourth-order valence-electron chi connectivity index (χ4n) is 2.77. The van der Waals surface area contributed by atoms with Crippen LogP contribution in [0.25, 0.3) is 0 Å². The second kappa shape index (κ2) is 4.48. The number of fused-ring (bicyclic) bond motifs is 2. The molecule has 3 atom stereocenters. The maximum absolute atomic E-state index is 13.2. The summed E-state index contributed by atoms with van der Waals surface area (Å²) in [6, 6.07) is 3.75. The number of aromatic nitrogens is 1. The highest BCUT2D eigenvalue weighted by atomic mass is 35.5. The van der Waals surface area contributed by atoms with Crippen LogP contribution in [-0.2, 0) is 0 Å². The minimum absolute atomic E-state index is 0.0691. The Bertz CT molecular complexity index is 496. The average Bonchev–Trinajstić information content (AvgIpc) is 2.94. The number of nitrogens with one attached hydrogen (secondary N) is 2. The molecule has 2 fully saturated rings. The number of hydrogen-bond acceptors (Lipinski definition) is 3. The topological polar surface area (TPSA) is 54.0 Å². The normalized spacial score (nSPS) is 29.6. The second-order valence-corrected chi connectivity index (χ2v) is 5.24. The van der Waals surface area contributed by atoms with Crippen LogP contribution in [0.2, 0.25) is 5.02 Å². The lowest BCUT2D eigenvalue weighted by atomic mass is 9.95. The highest BCUT2D eigenvalue weighted by molar-refractivity contribution is 6.30. The van der Waals surface area contributed by atoms with Gasteiger partial charge in [-0.05, 0) is 31.4 Å². The van der Waals surface area contributed by atoms with Gasteiger partial charge in [-0.2, -0.15) is 4.39 Å². The number of carbonyl (C=O) groups is 1. The van der Waals surface area contributed by atoms with Crippen LogP contribution in [0.1, 0.15) is 29.8 Å². The number of halogens is 2. The smallest absolute Gasteiger partial charge is 0.270 e. The molecule has 3 rings (SSSR count). The number of amides is 1. The molecular formula is C12H13ClFN3O. The summed E-state index contributed by atoms with van der Waals surface area (Å²) in [6.07, 6.45) is 3.19. The van der Waals surface area contributed by atoms with E-state index in [1.807, 2.05) is 0 Å². The molecule has 2 saturated heterocycles. The SMILES string of the molecule is O=C(NC1CC2CCC1N2)c1ccc(Cl)c(F)n1. The van der Waals surface area contributed by atoms with Gasteiger partial charge in [0.05, 0.1) is 5.02 Å². The van der Waals surface area contributed by atoms with Crippen LogP contribution in [0, 0.1) is 5.95 Å². The van der Waals surface area contributed by atoms with Crippen molar-refractivity contribution in [2.45, 2.75) is 37.4 Å². The highest BCUT2D eigenvalue weighted by Crippen LogP contribution is 2.28. The Labute approximate surface area is 109 Å². The van der Waals surface area contributed by atoms with E-state index in [9.17, 15) is 9.18 Å². The quantitative estimate of drug-likeness (QED) is 0.800. The van der Waals surface area contributed by atoms with Gasteiger partial charge in [0.2, 0.25) is 5.95 Å². The van der Waals surface area contributed by atoms with E-state index in [1.54, 1.807) is 0 Å². The number of hydrogen-bond donors (Lipinski definition) is 2. The first-order chi connectivity index (χ1) is 8.63. The van der Waals surface area contributed by atoms with E-state index < -0.39 is 5.95 Å². The molecule has 2 aliphatic heterocycles. The molecule has 3 unspecified atom stereocenters. The molecule has 3 heterocycles. The molecule has 0 saturated carbocycles. The zero-order chi connectivity index (χ0) is 12.7. The first-order valence-electron chi connectivity index (χ1n) is 6.02. The van der Waals surface area contributed by atoms with Crippen molar-refractivity contribution in [3.63, 3.8) is 0 Å². The highest BCUT2D eigenvalue weighted by Gasteiger charge is 2.39. The lowest BCUT2D eigenvalue weighted by Crippen LogP contribution is -2.43. The fourth-order valence-corrected chi connectivity index (χ4v) is 2.88. The molecule has 0 aliphatic carbocycles. The zero-order valence-electron chi connectivity index (χ0n) is 9.62. The van der Waals surface area contributed by atoms with Gasteiger partial charge < -0.3 is 10.6 Å². The Morgan fingerprint density at radius 3 is 2.94 bits per heavy atom.